The number of rotatable bonds is 4. The largest absolute Gasteiger partial charge is 0.434 e. The van der Waals surface area contributed by atoms with Gasteiger partial charge in [0.15, 0.2) is 12.1 Å². The van der Waals surface area contributed by atoms with Gasteiger partial charge >= 0.3 is 6.61 Å². The summed E-state index contributed by atoms with van der Waals surface area (Å²) in [5.41, 5.74) is 0.758. The molecule has 5 heteroatoms. The molecule has 0 aliphatic carbocycles. The van der Waals surface area contributed by atoms with E-state index in [4.69, 9.17) is 0 Å². The third-order valence-electron chi connectivity index (χ3n) is 2.08. The van der Waals surface area contributed by atoms with E-state index < -0.39 is 6.61 Å². The molecule has 0 unspecified atom stereocenters. The van der Waals surface area contributed by atoms with E-state index in [1.54, 1.807) is 6.92 Å². The fourth-order valence-corrected chi connectivity index (χ4v) is 1.37. The topological polar surface area (TPSA) is 43.4 Å². The Morgan fingerprint density at radius 2 is 2.06 bits per heavy atom. The molecule has 0 aliphatic heterocycles. The van der Waals surface area contributed by atoms with Crippen LogP contribution in [-0.2, 0) is 0 Å². The molecule has 0 saturated heterocycles. The van der Waals surface area contributed by atoms with E-state index in [2.05, 4.69) is 4.74 Å². The molecule has 3 nitrogen and oxygen atoms in total. The standard InChI is InChI=1S/C11H10F2O3/c1-6-3-10(16-11(12)13)8(5-14)4-9(6)7(2)15/h3-5,11H,1-2H3. The molecule has 1 aromatic carbocycles. The van der Waals surface area contributed by atoms with Crippen LogP contribution in [0.4, 0.5) is 8.78 Å². The second-order valence-electron chi connectivity index (χ2n) is 3.26. The first kappa shape index (κ1) is 12.3. The number of carbonyl (C=O) groups is 2. The molecule has 0 bridgehead atoms. The first-order chi connectivity index (χ1) is 7.45. The Balaban J connectivity index is 3.26. The molecule has 1 aromatic rings. The number of ketones is 1. The summed E-state index contributed by atoms with van der Waals surface area (Å²) in [6.45, 7) is -0.0740. The molecule has 16 heavy (non-hydrogen) atoms. The van der Waals surface area contributed by atoms with Gasteiger partial charge in [-0.3, -0.25) is 9.59 Å². The van der Waals surface area contributed by atoms with Crippen molar-refractivity contribution in [1.82, 2.24) is 0 Å². The lowest BCUT2D eigenvalue weighted by Gasteiger charge is -2.10. The van der Waals surface area contributed by atoms with Crippen molar-refractivity contribution in [3.05, 3.63) is 28.8 Å². The summed E-state index contributed by atoms with van der Waals surface area (Å²) < 4.78 is 28.2. The maximum absolute atomic E-state index is 12.0. The molecule has 0 radical (unpaired) electrons. The molecular weight excluding hydrogens is 218 g/mol. The summed E-state index contributed by atoms with van der Waals surface area (Å²) in [6.07, 6.45) is 0.379. The van der Waals surface area contributed by atoms with Crippen LogP contribution in [0, 0.1) is 6.92 Å². The molecule has 0 heterocycles. The van der Waals surface area contributed by atoms with Crippen molar-refractivity contribution >= 4 is 12.1 Å². The fourth-order valence-electron chi connectivity index (χ4n) is 1.37. The van der Waals surface area contributed by atoms with Crippen LogP contribution in [0.15, 0.2) is 12.1 Å². The van der Waals surface area contributed by atoms with Crippen molar-refractivity contribution in [2.75, 3.05) is 0 Å². The number of halogens is 2. The van der Waals surface area contributed by atoms with E-state index in [-0.39, 0.29) is 17.1 Å². The number of hydrogen-bond acceptors (Lipinski definition) is 3. The van der Waals surface area contributed by atoms with Crippen molar-refractivity contribution in [2.24, 2.45) is 0 Å². The van der Waals surface area contributed by atoms with E-state index in [0.717, 1.165) is 0 Å². The van der Waals surface area contributed by atoms with Crippen LogP contribution in [0.2, 0.25) is 0 Å². The summed E-state index contributed by atoms with van der Waals surface area (Å²) in [5, 5.41) is 0. The Kier molecular flexibility index (Phi) is 3.71. The number of carbonyl (C=O) groups excluding carboxylic acids is 2. The number of ether oxygens (including phenoxy) is 1. The van der Waals surface area contributed by atoms with Gasteiger partial charge in [0.25, 0.3) is 0 Å². The van der Waals surface area contributed by atoms with E-state index in [9.17, 15) is 18.4 Å². The normalized spacial score (nSPS) is 10.3. The lowest BCUT2D eigenvalue weighted by Crippen LogP contribution is -2.06. The SMILES string of the molecule is CC(=O)c1cc(C=O)c(OC(F)F)cc1C. The highest BCUT2D eigenvalue weighted by Gasteiger charge is 2.14. The van der Waals surface area contributed by atoms with Crippen molar-refractivity contribution in [3.63, 3.8) is 0 Å². The Hall–Kier alpha value is -1.78. The zero-order chi connectivity index (χ0) is 12.3. The van der Waals surface area contributed by atoms with Gasteiger partial charge in [-0.25, -0.2) is 0 Å². The van der Waals surface area contributed by atoms with Crippen molar-refractivity contribution in [1.29, 1.82) is 0 Å². The van der Waals surface area contributed by atoms with Gasteiger partial charge < -0.3 is 4.74 Å². The van der Waals surface area contributed by atoms with Gasteiger partial charge in [-0.15, -0.1) is 0 Å². The highest BCUT2D eigenvalue weighted by atomic mass is 19.3. The number of alkyl halides is 2. The number of benzene rings is 1. The Labute approximate surface area is 91.0 Å². The van der Waals surface area contributed by atoms with Crippen molar-refractivity contribution in [3.8, 4) is 5.75 Å². The average molecular weight is 228 g/mol. The Bertz CT molecular complexity index is 427. The van der Waals surface area contributed by atoms with Crippen LogP contribution < -0.4 is 4.74 Å². The van der Waals surface area contributed by atoms with Crippen LogP contribution in [0.1, 0.15) is 33.2 Å². The maximum atomic E-state index is 12.0. The molecule has 0 amide bonds. The lowest BCUT2D eigenvalue weighted by molar-refractivity contribution is -0.0500. The summed E-state index contributed by atoms with van der Waals surface area (Å²) in [5.74, 6) is -0.448. The van der Waals surface area contributed by atoms with Crippen LogP contribution in [0.25, 0.3) is 0 Å². The third-order valence-corrected chi connectivity index (χ3v) is 2.08. The molecule has 0 saturated carbocycles. The average Bonchev–Trinajstić information content (AvgIpc) is 2.16. The van der Waals surface area contributed by atoms with Gasteiger partial charge in [0, 0.05) is 5.56 Å². The maximum Gasteiger partial charge on any atom is 0.387 e. The smallest absolute Gasteiger partial charge is 0.387 e. The van der Waals surface area contributed by atoms with E-state index in [0.29, 0.717) is 17.4 Å². The predicted octanol–water partition coefficient (Wildman–Crippen LogP) is 2.61. The van der Waals surface area contributed by atoms with Gasteiger partial charge in [0.05, 0.1) is 5.56 Å². The van der Waals surface area contributed by atoms with Gasteiger partial charge in [-0.05, 0) is 31.5 Å². The van der Waals surface area contributed by atoms with Gasteiger partial charge in [-0.1, -0.05) is 0 Å². The molecule has 0 aliphatic rings. The second-order valence-corrected chi connectivity index (χ2v) is 3.26. The number of hydrogen-bond donors (Lipinski definition) is 0. The van der Waals surface area contributed by atoms with Gasteiger partial charge in [0.2, 0.25) is 0 Å². The quantitative estimate of drug-likeness (QED) is 0.587. The first-order valence-electron chi connectivity index (χ1n) is 4.51. The Morgan fingerprint density at radius 1 is 1.44 bits per heavy atom. The predicted molar refractivity (Wildman–Crippen MR) is 53.2 cm³/mol. The van der Waals surface area contributed by atoms with Crippen LogP contribution in [0.3, 0.4) is 0 Å². The number of aryl methyl sites for hydroxylation is 1. The fraction of sp³-hybridized carbons (Fsp3) is 0.273. The summed E-state index contributed by atoms with van der Waals surface area (Å²) in [7, 11) is 0. The van der Waals surface area contributed by atoms with Crippen molar-refractivity contribution in [2.45, 2.75) is 20.5 Å². The molecule has 0 spiro atoms. The lowest BCUT2D eigenvalue weighted by atomic mass is 10.0. The summed E-state index contributed by atoms with van der Waals surface area (Å²) >= 11 is 0. The zero-order valence-electron chi connectivity index (χ0n) is 8.79. The van der Waals surface area contributed by atoms with Crippen LogP contribution in [0.5, 0.6) is 5.75 Å². The second kappa shape index (κ2) is 4.83. The summed E-state index contributed by atoms with van der Waals surface area (Å²) in [4.78, 5) is 21.8. The highest BCUT2D eigenvalue weighted by molar-refractivity contribution is 5.97. The molecule has 0 fully saturated rings. The van der Waals surface area contributed by atoms with Gasteiger partial charge in [0.1, 0.15) is 5.75 Å². The molecule has 1 rings (SSSR count). The molecule has 0 N–H and O–H groups in total. The molecule has 0 atom stereocenters. The molecular formula is C11H10F2O3. The monoisotopic (exact) mass is 228 g/mol. The van der Waals surface area contributed by atoms with Crippen molar-refractivity contribution < 1.29 is 23.1 Å². The first-order valence-corrected chi connectivity index (χ1v) is 4.51. The van der Waals surface area contributed by atoms with E-state index >= 15 is 0 Å². The van der Waals surface area contributed by atoms with Crippen LogP contribution >= 0.6 is 0 Å². The third kappa shape index (κ3) is 2.62. The minimum absolute atomic E-state index is 0.0592. The zero-order valence-corrected chi connectivity index (χ0v) is 8.79. The number of aldehydes is 1. The minimum Gasteiger partial charge on any atom is -0.434 e. The van der Waals surface area contributed by atoms with E-state index in [1.165, 1.54) is 19.1 Å². The highest BCUT2D eigenvalue weighted by Crippen LogP contribution is 2.24. The van der Waals surface area contributed by atoms with E-state index in [1.807, 2.05) is 0 Å². The number of Topliss-reactive ketones (excluding diaryl/α,β-unsaturated/α-hetero) is 1. The Morgan fingerprint density at radius 3 is 2.50 bits per heavy atom. The molecule has 0 aromatic heterocycles. The molecule has 86 valence electrons. The van der Waals surface area contributed by atoms with Crippen LogP contribution in [-0.4, -0.2) is 18.7 Å². The summed E-state index contributed by atoms with van der Waals surface area (Å²) in [6, 6.07) is 2.51. The minimum atomic E-state index is -3.00. The van der Waals surface area contributed by atoms with Gasteiger partial charge in [-0.2, -0.15) is 8.78 Å².